The molecule has 4 rings (SSSR count). The van der Waals surface area contributed by atoms with Gasteiger partial charge in [-0.1, -0.05) is 31.0 Å². The van der Waals surface area contributed by atoms with Crippen LogP contribution >= 0.6 is 11.6 Å². The Hall–Kier alpha value is -2.79. The van der Waals surface area contributed by atoms with Gasteiger partial charge in [0.05, 0.1) is 29.2 Å². The third-order valence-electron chi connectivity index (χ3n) is 6.19. The number of benzene rings is 1. The van der Waals surface area contributed by atoms with Gasteiger partial charge < -0.3 is 10.1 Å². The zero-order valence-electron chi connectivity index (χ0n) is 20.3. The van der Waals surface area contributed by atoms with Crippen LogP contribution in [0.2, 0.25) is 5.02 Å². The van der Waals surface area contributed by atoms with Crippen molar-refractivity contribution in [1.82, 2.24) is 24.8 Å². The second-order valence-corrected chi connectivity index (χ2v) is 10.9. The van der Waals surface area contributed by atoms with Gasteiger partial charge in [0.25, 0.3) is 15.9 Å². The molecule has 9 nitrogen and oxygen atoms in total. The smallest absolute Gasteiger partial charge is 0.258 e. The van der Waals surface area contributed by atoms with E-state index in [-0.39, 0.29) is 23.0 Å². The Kier molecular flexibility index (Phi) is 8.40. The quantitative estimate of drug-likeness (QED) is 0.432. The van der Waals surface area contributed by atoms with Crippen LogP contribution in [0.1, 0.15) is 60.3 Å². The first-order valence-corrected chi connectivity index (χ1v) is 13.8. The molecule has 1 aromatic carbocycles. The second-order valence-electron chi connectivity index (χ2n) is 8.78. The highest BCUT2D eigenvalue weighted by Crippen LogP contribution is 2.22. The SMILES string of the molecule is CCCC(NC(=O)c1cnn(-c2ccc(Cl)cc2)c1C)c1ccc(S(=O)(=O)NC2CCOCC2)nc1. The van der Waals surface area contributed by atoms with E-state index in [1.807, 2.05) is 26.0 Å². The maximum absolute atomic E-state index is 13.1. The number of rotatable bonds is 9. The van der Waals surface area contributed by atoms with Crippen LogP contribution in [-0.4, -0.2) is 48.3 Å². The molecule has 11 heteroatoms. The van der Waals surface area contributed by atoms with E-state index in [1.165, 1.54) is 18.5 Å². The second kappa shape index (κ2) is 11.5. The van der Waals surface area contributed by atoms with Gasteiger partial charge in [0.1, 0.15) is 0 Å². The molecule has 1 amide bonds. The Labute approximate surface area is 216 Å². The molecule has 192 valence electrons. The fourth-order valence-electron chi connectivity index (χ4n) is 4.17. The Morgan fingerprint density at radius 3 is 2.53 bits per heavy atom. The van der Waals surface area contributed by atoms with Gasteiger partial charge in [0, 0.05) is 30.5 Å². The normalized spacial score (nSPS) is 15.5. The van der Waals surface area contributed by atoms with Gasteiger partial charge in [0.2, 0.25) is 0 Å². The maximum Gasteiger partial charge on any atom is 0.258 e. The minimum absolute atomic E-state index is 0.0422. The molecule has 1 aliphatic rings. The van der Waals surface area contributed by atoms with Gasteiger partial charge >= 0.3 is 0 Å². The number of hydrogen-bond donors (Lipinski definition) is 2. The van der Waals surface area contributed by atoms with Crippen molar-refractivity contribution in [2.45, 2.75) is 56.6 Å². The monoisotopic (exact) mass is 531 g/mol. The first-order valence-electron chi connectivity index (χ1n) is 12.0. The Bertz CT molecular complexity index is 1290. The summed E-state index contributed by atoms with van der Waals surface area (Å²) in [7, 11) is -3.74. The summed E-state index contributed by atoms with van der Waals surface area (Å²) in [5.41, 5.74) is 2.69. The minimum Gasteiger partial charge on any atom is -0.381 e. The van der Waals surface area contributed by atoms with Crippen LogP contribution in [0.25, 0.3) is 5.69 Å². The molecule has 0 saturated carbocycles. The average molecular weight is 532 g/mol. The molecule has 1 aliphatic heterocycles. The Balaban J connectivity index is 1.48. The van der Waals surface area contributed by atoms with Gasteiger partial charge in [-0.3, -0.25) is 4.79 Å². The number of hydrogen-bond acceptors (Lipinski definition) is 6. The highest BCUT2D eigenvalue weighted by molar-refractivity contribution is 7.89. The molecule has 0 spiro atoms. The molecule has 1 unspecified atom stereocenters. The van der Waals surface area contributed by atoms with Crippen molar-refractivity contribution in [2.24, 2.45) is 0 Å². The summed E-state index contributed by atoms with van der Waals surface area (Å²) < 4.78 is 35.2. The molecule has 1 fully saturated rings. The molecule has 2 aromatic heterocycles. The molecular weight excluding hydrogens is 502 g/mol. The first-order chi connectivity index (χ1) is 17.3. The number of halogens is 1. The standard InChI is InChI=1S/C25H30ClN5O4S/c1-3-4-23(18-5-10-24(27-15-18)36(33,34)30-20-11-13-35-14-12-20)29-25(32)22-16-28-31(17(22)2)21-8-6-19(26)7-9-21/h5-10,15-16,20,23,30H,3-4,11-14H2,1-2H3,(H,29,32). The molecule has 3 heterocycles. The number of carbonyl (C=O) groups is 1. The topological polar surface area (TPSA) is 115 Å². The largest absolute Gasteiger partial charge is 0.381 e. The van der Waals surface area contributed by atoms with E-state index in [0.717, 1.165) is 17.7 Å². The third-order valence-corrected chi connectivity index (χ3v) is 7.88. The molecule has 1 saturated heterocycles. The zero-order chi connectivity index (χ0) is 25.7. The predicted octanol–water partition coefficient (Wildman–Crippen LogP) is 3.96. The van der Waals surface area contributed by atoms with Crippen molar-refractivity contribution in [3.05, 3.63) is 70.6 Å². The molecule has 2 N–H and O–H groups in total. The average Bonchev–Trinajstić information content (AvgIpc) is 3.26. The van der Waals surface area contributed by atoms with Gasteiger partial charge in [-0.05, 0) is 62.1 Å². The lowest BCUT2D eigenvalue weighted by Gasteiger charge is -2.23. The number of aromatic nitrogens is 3. The molecule has 0 bridgehead atoms. The number of nitrogens with zero attached hydrogens (tertiary/aromatic N) is 3. The lowest BCUT2D eigenvalue weighted by atomic mass is 10.0. The summed E-state index contributed by atoms with van der Waals surface area (Å²) >= 11 is 5.98. The molecule has 3 aromatic rings. The van der Waals surface area contributed by atoms with Crippen LogP contribution in [0.3, 0.4) is 0 Å². The van der Waals surface area contributed by atoms with Crippen molar-refractivity contribution >= 4 is 27.5 Å². The van der Waals surface area contributed by atoms with E-state index < -0.39 is 10.0 Å². The van der Waals surface area contributed by atoms with E-state index in [9.17, 15) is 13.2 Å². The number of sulfonamides is 1. The summed E-state index contributed by atoms with van der Waals surface area (Å²) in [5, 5.41) is 8.00. The summed E-state index contributed by atoms with van der Waals surface area (Å²) in [6.07, 6.45) is 5.82. The molecule has 0 aliphatic carbocycles. The van der Waals surface area contributed by atoms with E-state index >= 15 is 0 Å². The van der Waals surface area contributed by atoms with Crippen LogP contribution in [0.5, 0.6) is 0 Å². The molecular formula is C25H30ClN5O4S. The fraction of sp³-hybridized carbons (Fsp3) is 0.400. The first kappa shape index (κ1) is 26.3. The van der Waals surface area contributed by atoms with E-state index in [2.05, 4.69) is 20.1 Å². The lowest BCUT2D eigenvalue weighted by molar-refractivity contribution is 0.0832. The van der Waals surface area contributed by atoms with Gasteiger partial charge in [-0.25, -0.2) is 22.8 Å². The summed E-state index contributed by atoms with van der Waals surface area (Å²) in [6, 6.07) is 9.91. The van der Waals surface area contributed by atoms with Crippen LogP contribution in [0.15, 0.2) is 53.8 Å². The maximum atomic E-state index is 13.1. The summed E-state index contributed by atoms with van der Waals surface area (Å²) in [6.45, 7) is 4.93. The lowest BCUT2D eigenvalue weighted by Crippen LogP contribution is -2.39. The van der Waals surface area contributed by atoms with E-state index in [4.69, 9.17) is 16.3 Å². The van der Waals surface area contributed by atoms with Crippen molar-refractivity contribution in [2.75, 3.05) is 13.2 Å². The van der Waals surface area contributed by atoms with Gasteiger partial charge in [0.15, 0.2) is 5.03 Å². The number of carbonyl (C=O) groups excluding carboxylic acids is 1. The van der Waals surface area contributed by atoms with Crippen molar-refractivity contribution in [3.8, 4) is 5.69 Å². The number of ether oxygens (including phenoxy) is 1. The predicted molar refractivity (Wildman–Crippen MR) is 137 cm³/mol. The summed E-state index contributed by atoms with van der Waals surface area (Å²) in [5.74, 6) is -0.260. The zero-order valence-corrected chi connectivity index (χ0v) is 21.8. The van der Waals surface area contributed by atoms with Crippen molar-refractivity contribution in [3.63, 3.8) is 0 Å². The van der Waals surface area contributed by atoms with Gasteiger partial charge in [-0.15, -0.1) is 0 Å². The highest BCUT2D eigenvalue weighted by atomic mass is 35.5. The number of nitrogens with one attached hydrogen (secondary N) is 2. The minimum atomic E-state index is -3.74. The van der Waals surface area contributed by atoms with Crippen LogP contribution in [0.4, 0.5) is 0 Å². The number of amides is 1. The Morgan fingerprint density at radius 2 is 1.89 bits per heavy atom. The van der Waals surface area contributed by atoms with Crippen LogP contribution in [0, 0.1) is 6.92 Å². The van der Waals surface area contributed by atoms with Crippen LogP contribution < -0.4 is 10.0 Å². The van der Waals surface area contributed by atoms with Crippen molar-refractivity contribution in [1.29, 1.82) is 0 Å². The van der Waals surface area contributed by atoms with E-state index in [1.54, 1.807) is 22.9 Å². The van der Waals surface area contributed by atoms with E-state index in [0.29, 0.717) is 48.8 Å². The summed E-state index contributed by atoms with van der Waals surface area (Å²) in [4.78, 5) is 17.4. The fourth-order valence-corrected chi connectivity index (χ4v) is 5.53. The molecule has 1 atom stereocenters. The molecule has 36 heavy (non-hydrogen) atoms. The number of pyridine rings is 1. The highest BCUT2D eigenvalue weighted by Gasteiger charge is 2.24. The van der Waals surface area contributed by atoms with Crippen molar-refractivity contribution < 1.29 is 17.9 Å². The van der Waals surface area contributed by atoms with Gasteiger partial charge in [-0.2, -0.15) is 5.10 Å². The Morgan fingerprint density at radius 1 is 1.17 bits per heavy atom. The molecule has 0 radical (unpaired) electrons. The van der Waals surface area contributed by atoms with Crippen LogP contribution in [-0.2, 0) is 14.8 Å². The third kappa shape index (κ3) is 6.12.